The van der Waals surface area contributed by atoms with E-state index in [0.717, 1.165) is 42.1 Å². The van der Waals surface area contributed by atoms with E-state index in [4.69, 9.17) is 14.2 Å². The molecule has 178 valence electrons. The van der Waals surface area contributed by atoms with Crippen molar-refractivity contribution in [3.05, 3.63) is 68.7 Å². The highest BCUT2D eigenvalue weighted by atomic mass is 32.1. The largest absolute Gasteiger partial charge is 0.486 e. The van der Waals surface area contributed by atoms with Crippen molar-refractivity contribution in [3.8, 4) is 11.5 Å². The topological polar surface area (TPSA) is 66.8 Å². The van der Waals surface area contributed by atoms with Crippen molar-refractivity contribution in [1.82, 2.24) is 4.57 Å². The number of carbonyl (C=O) groups is 2. The number of rotatable bonds is 6. The molecule has 3 aromatic rings. The van der Waals surface area contributed by atoms with Crippen LogP contribution in [-0.4, -0.2) is 35.6 Å². The molecule has 0 N–H and O–H groups in total. The lowest BCUT2D eigenvalue weighted by molar-refractivity contribution is 0.0479. The molecule has 5 rings (SSSR count). The van der Waals surface area contributed by atoms with Crippen LogP contribution in [-0.2, 0) is 24.1 Å². The number of Topliss-reactive ketones (excluding diaryl/α,β-unsaturated/α-hetero) is 1. The zero-order valence-corrected chi connectivity index (χ0v) is 20.6. The van der Waals surface area contributed by atoms with Crippen molar-refractivity contribution in [1.29, 1.82) is 0 Å². The molecule has 1 aliphatic carbocycles. The Balaban J connectivity index is 1.22. The minimum Gasteiger partial charge on any atom is -0.486 e. The van der Waals surface area contributed by atoms with Crippen molar-refractivity contribution >= 4 is 23.1 Å². The Morgan fingerprint density at radius 1 is 1.18 bits per heavy atom. The third-order valence-corrected chi connectivity index (χ3v) is 7.91. The van der Waals surface area contributed by atoms with E-state index in [-0.39, 0.29) is 18.5 Å². The number of ether oxygens (including phenoxy) is 3. The Morgan fingerprint density at radius 3 is 2.79 bits per heavy atom. The van der Waals surface area contributed by atoms with Crippen LogP contribution in [0.3, 0.4) is 0 Å². The van der Waals surface area contributed by atoms with Crippen molar-refractivity contribution in [3.63, 3.8) is 0 Å². The maximum absolute atomic E-state index is 12.9. The molecule has 0 saturated carbocycles. The summed E-state index contributed by atoms with van der Waals surface area (Å²) in [4.78, 5) is 27.4. The zero-order chi connectivity index (χ0) is 23.8. The van der Waals surface area contributed by atoms with E-state index in [0.29, 0.717) is 29.5 Å². The second kappa shape index (κ2) is 9.29. The van der Waals surface area contributed by atoms with Crippen LogP contribution in [0.15, 0.2) is 36.4 Å². The summed E-state index contributed by atoms with van der Waals surface area (Å²) in [6.45, 7) is 6.86. The molecule has 6 nitrogen and oxygen atoms in total. The molecule has 2 atom stereocenters. The molecular weight excluding hydrogens is 450 g/mol. The third-order valence-electron chi connectivity index (χ3n) is 6.69. The zero-order valence-electron chi connectivity index (χ0n) is 19.8. The first-order valence-electron chi connectivity index (χ1n) is 11.8. The number of para-hydroxylation sites is 2. The number of carbonyl (C=O) groups excluding carboxylic acids is 2. The van der Waals surface area contributed by atoms with Gasteiger partial charge in [-0.15, -0.1) is 11.3 Å². The first-order valence-corrected chi connectivity index (χ1v) is 12.6. The summed E-state index contributed by atoms with van der Waals surface area (Å²) in [5.74, 6) is 1.50. The maximum atomic E-state index is 12.9. The van der Waals surface area contributed by atoms with Crippen LogP contribution in [0.5, 0.6) is 11.5 Å². The van der Waals surface area contributed by atoms with Gasteiger partial charge >= 0.3 is 5.97 Å². The van der Waals surface area contributed by atoms with Crippen molar-refractivity contribution in [2.45, 2.75) is 52.7 Å². The van der Waals surface area contributed by atoms with Crippen LogP contribution in [0.4, 0.5) is 0 Å². The molecule has 0 bridgehead atoms. The summed E-state index contributed by atoms with van der Waals surface area (Å²) in [5, 5.41) is 0. The van der Waals surface area contributed by atoms with Gasteiger partial charge < -0.3 is 18.8 Å². The van der Waals surface area contributed by atoms with Gasteiger partial charge in [-0.25, -0.2) is 4.79 Å². The number of thiophene rings is 1. The number of hydrogen-bond donors (Lipinski definition) is 0. The lowest BCUT2D eigenvalue weighted by atomic mass is 9.90. The molecule has 1 aliphatic heterocycles. The standard InChI is InChI=1S/C27H29NO5S/c1-16-8-9-25-19(10-16)12-26(34-25)27(30)32-15-22(29)21-11-17(2)28(18(21)3)13-20-14-31-23-6-4-5-7-24(23)33-20/h4-7,11-12,16,20H,8-10,13-15H2,1-3H3/t16-,20+/m0/s1. The van der Waals surface area contributed by atoms with Gasteiger partial charge in [0.15, 0.2) is 24.2 Å². The number of aryl methyl sites for hydroxylation is 2. The lowest BCUT2D eigenvalue weighted by Crippen LogP contribution is -2.33. The van der Waals surface area contributed by atoms with E-state index < -0.39 is 5.97 Å². The van der Waals surface area contributed by atoms with E-state index >= 15 is 0 Å². The number of aromatic nitrogens is 1. The Morgan fingerprint density at radius 2 is 1.97 bits per heavy atom. The lowest BCUT2D eigenvalue weighted by Gasteiger charge is -2.27. The monoisotopic (exact) mass is 479 g/mol. The number of ketones is 1. The van der Waals surface area contributed by atoms with Crippen LogP contribution < -0.4 is 9.47 Å². The second-order valence-electron chi connectivity index (χ2n) is 9.30. The Labute approximate surface area is 203 Å². The first kappa shape index (κ1) is 22.7. The number of benzene rings is 1. The third kappa shape index (κ3) is 4.49. The maximum Gasteiger partial charge on any atom is 0.348 e. The van der Waals surface area contributed by atoms with Gasteiger partial charge in [-0.3, -0.25) is 4.79 Å². The fourth-order valence-electron chi connectivity index (χ4n) is 4.81. The second-order valence-corrected chi connectivity index (χ2v) is 10.4. The minimum atomic E-state index is -0.416. The van der Waals surface area contributed by atoms with E-state index in [1.807, 2.05) is 50.2 Å². The van der Waals surface area contributed by atoms with Gasteiger partial charge in [0.1, 0.15) is 11.5 Å². The average molecular weight is 480 g/mol. The van der Waals surface area contributed by atoms with Crippen LogP contribution in [0.1, 0.15) is 55.2 Å². The van der Waals surface area contributed by atoms with Gasteiger partial charge in [-0.2, -0.15) is 0 Å². The highest BCUT2D eigenvalue weighted by Crippen LogP contribution is 2.33. The van der Waals surface area contributed by atoms with Gasteiger partial charge in [-0.1, -0.05) is 19.1 Å². The average Bonchev–Trinajstić information content (AvgIpc) is 3.38. The minimum absolute atomic E-state index is 0.159. The van der Waals surface area contributed by atoms with Gasteiger partial charge in [0, 0.05) is 21.8 Å². The van der Waals surface area contributed by atoms with Crippen molar-refractivity contribution in [2.24, 2.45) is 5.92 Å². The van der Waals surface area contributed by atoms with Crippen LogP contribution in [0.2, 0.25) is 0 Å². The molecule has 2 aliphatic rings. The highest BCUT2D eigenvalue weighted by Gasteiger charge is 2.25. The van der Waals surface area contributed by atoms with E-state index in [1.165, 1.54) is 21.8 Å². The Kier molecular flexibility index (Phi) is 6.21. The number of hydrogen-bond acceptors (Lipinski definition) is 6. The SMILES string of the molecule is Cc1cc(C(=O)COC(=O)c2cc3c(s2)CC[C@H](C)C3)c(C)n1C[C@@H]1COc2ccccc2O1. The predicted octanol–water partition coefficient (Wildman–Crippen LogP) is 5.17. The molecule has 0 radical (unpaired) electrons. The quantitative estimate of drug-likeness (QED) is 0.360. The summed E-state index contributed by atoms with van der Waals surface area (Å²) in [5.41, 5.74) is 3.61. The summed E-state index contributed by atoms with van der Waals surface area (Å²) >= 11 is 1.50. The summed E-state index contributed by atoms with van der Waals surface area (Å²) in [6, 6.07) is 11.4. The summed E-state index contributed by atoms with van der Waals surface area (Å²) in [7, 11) is 0. The molecule has 7 heteroatoms. The van der Waals surface area contributed by atoms with Crippen LogP contribution >= 0.6 is 11.3 Å². The van der Waals surface area contributed by atoms with Crippen LogP contribution in [0, 0.1) is 19.8 Å². The van der Waals surface area contributed by atoms with E-state index in [9.17, 15) is 9.59 Å². The molecule has 0 saturated heterocycles. The number of nitrogens with zero attached hydrogens (tertiary/aromatic N) is 1. The molecule has 0 spiro atoms. The molecule has 0 fully saturated rings. The molecule has 34 heavy (non-hydrogen) atoms. The molecule has 3 heterocycles. The molecule has 0 unspecified atom stereocenters. The fraction of sp³-hybridized carbons (Fsp3) is 0.407. The summed E-state index contributed by atoms with van der Waals surface area (Å²) in [6.07, 6.45) is 3.01. The number of fused-ring (bicyclic) bond motifs is 2. The number of esters is 1. The smallest absolute Gasteiger partial charge is 0.348 e. The first-order chi connectivity index (χ1) is 16.4. The van der Waals surface area contributed by atoms with Crippen molar-refractivity contribution in [2.75, 3.05) is 13.2 Å². The summed E-state index contributed by atoms with van der Waals surface area (Å²) < 4.78 is 19.4. The Hall–Kier alpha value is -3.06. The fourth-order valence-corrected chi connectivity index (χ4v) is 5.91. The van der Waals surface area contributed by atoms with Gasteiger partial charge in [-0.05, 0) is 68.9 Å². The normalized spacial score (nSPS) is 18.9. The molecule has 1 aromatic carbocycles. The van der Waals surface area contributed by atoms with Gasteiger partial charge in [0.25, 0.3) is 0 Å². The molecule has 0 amide bonds. The van der Waals surface area contributed by atoms with Gasteiger partial charge in [0.05, 0.1) is 6.54 Å². The van der Waals surface area contributed by atoms with Crippen molar-refractivity contribution < 1.29 is 23.8 Å². The molecule has 2 aromatic heterocycles. The Bertz CT molecular complexity index is 1240. The van der Waals surface area contributed by atoms with Gasteiger partial charge in [0.2, 0.25) is 5.78 Å². The molecular formula is C27H29NO5S. The highest BCUT2D eigenvalue weighted by molar-refractivity contribution is 7.14. The van der Waals surface area contributed by atoms with E-state index in [2.05, 4.69) is 11.5 Å². The van der Waals surface area contributed by atoms with Crippen LogP contribution in [0.25, 0.3) is 0 Å². The van der Waals surface area contributed by atoms with E-state index in [1.54, 1.807) is 0 Å². The predicted molar refractivity (Wildman–Crippen MR) is 130 cm³/mol.